The molecule has 0 saturated carbocycles. The van der Waals surface area contributed by atoms with Crippen LogP contribution in [0.4, 0.5) is 16.2 Å². The van der Waals surface area contributed by atoms with E-state index in [2.05, 4.69) is 4.98 Å². The lowest BCUT2D eigenvalue weighted by molar-refractivity contribution is -0.385. The van der Waals surface area contributed by atoms with Crippen LogP contribution in [0.3, 0.4) is 0 Å². The molecule has 1 aliphatic rings. The number of methoxy groups -OCH3 is 1. The van der Waals surface area contributed by atoms with Crippen molar-refractivity contribution in [2.45, 2.75) is 6.54 Å². The van der Waals surface area contributed by atoms with Crippen molar-refractivity contribution in [3.63, 3.8) is 0 Å². The van der Waals surface area contributed by atoms with E-state index in [1.165, 1.54) is 49.6 Å². The average molecular weight is 508 g/mol. The van der Waals surface area contributed by atoms with Crippen molar-refractivity contribution in [1.82, 2.24) is 9.88 Å². The highest BCUT2D eigenvalue weighted by molar-refractivity contribution is 8.18. The largest absolute Gasteiger partial charge is 0.493 e. The molecule has 2 heterocycles. The monoisotopic (exact) mass is 508 g/mol. The number of carbonyl (C=O) groups excluding carboxylic acids is 2. The van der Waals surface area contributed by atoms with Gasteiger partial charge in [-0.15, -0.1) is 0 Å². The first-order valence-electron chi connectivity index (χ1n) is 10.2. The number of amides is 2. The fraction of sp³-hybridized carbons (Fsp3) is 0.0870. The van der Waals surface area contributed by atoms with Crippen molar-refractivity contribution in [2.75, 3.05) is 7.11 Å². The van der Waals surface area contributed by atoms with Gasteiger partial charge in [0.1, 0.15) is 6.20 Å². The van der Waals surface area contributed by atoms with Gasteiger partial charge in [0.2, 0.25) is 5.88 Å². The van der Waals surface area contributed by atoms with Crippen LogP contribution in [0.15, 0.2) is 65.7 Å². The number of imide groups is 1. The lowest BCUT2D eigenvalue weighted by atomic mass is 10.1. The molecule has 0 radical (unpaired) electrons. The minimum Gasteiger partial charge on any atom is -0.493 e. The Hall–Kier alpha value is -4.78. The zero-order valence-electron chi connectivity index (χ0n) is 18.5. The first kappa shape index (κ1) is 24.3. The molecule has 182 valence electrons. The molecule has 2 amide bonds. The quantitative estimate of drug-likeness (QED) is 0.232. The summed E-state index contributed by atoms with van der Waals surface area (Å²) >= 11 is 0.781. The first-order valence-corrected chi connectivity index (χ1v) is 11.0. The summed E-state index contributed by atoms with van der Waals surface area (Å²) in [5.74, 6) is 0.244. The van der Waals surface area contributed by atoms with E-state index in [0.717, 1.165) is 22.9 Å². The summed E-state index contributed by atoms with van der Waals surface area (Å²) < 4.78 is 11.0. The Kier molecular flexibility index (Phi) is 6.92. The minimum absolute atomic E-state index is 0.0155. The lowest BCUT2D eigenvalue weighted by Crippen LogP contribution is -2.27. The Morgan fingerprint density at radius 3 is 2.28 bits per heavy atom. The summed E-state index contributed by atoms with van der Waals surface area (Å²) in [5.41, 5.74) is 0.884. The van der Waals surface area contributed by atoms with Gasteiger partial charge in [0.05, 0.1) is 28.4 Å². The molecule has 2 aromatic carbocycles. The summed E-state index contributed by atoms with van der Waals surface area (Å²) in [4.78, 5) is 50.9. The van der Waals surface area contributed by atoms with Crippen LogP contribution in [-0.4, -0.2) is 38.0 Å². The molecule has 0 N–H and O–H groups in total. The smallest absolute Gasteiger partial charge is 0.293 e. The minimum atomic E-state index is -0.570. The predicted octanol–water partition coefficient (Wildman–Crippen LogP) is 4.94. The van der Waals surface area contributed by atoms with Crippen molar-refractivity contribution in [2.24, 2.45) is 0 Å². The maximum absolute atomic E-state index is 12.8. The van der Waals surface area contributed by atoms with Gasteiger partial charge >= 0.3 is 0 Å². The molecule has 3 aromatic rings. The van der Waals surface area contributed by atoms with Gasteiger partial charge in [0, 0.05) is 24.3 Å². The van der Waals surface area contributed by atoms with Gasteiger partial charge in [-0.05, 0) is 41.1 Å². The Labute approximate surface area is 207 Å². The van der Waals surface area contributed by atoms with Gasteiger partial charge in [-0.1, -0.05) is 18.2 Å². The number of carbonyl (C=O) groups is 2. The normalized spacial score (nSPS) is 14.2. The highest BCUT2D eigenvalue weighted by Crippen LogP contribution is 2.36. The fourth-order valence-corrected chi connectivity index (χ4v) is 4.04. The molecule has 0 bridgehead atoms. The summed E-state index contributed by atoms with van der Waals surface area (Å²) in [6, 6.07) is 13.1. The molecule has 0 spiro atoms. The van der Waals surface area contributed by atoms with Crippen LogP contribution in [0.25, 0.3) is 6.08 Å². The molecule has 1 aromatic heterocycles. The van der Waals surface area contributed by atoms with Gasteiger partial charge < -0.3 is 9.47 Å². The number of pyridine rings is 1. The molecule has 0 atom stereocenters. The zero-order valence-corrected chi connectivity index (χ0v) is 19.3. The molecule has 0 unspecified atom stereocenters. The number of thioether (sulfide) groups is 1. The van der Waals surface area contributed by atoms with Crippen LogP contribution in [-0.2, 0) is 11.3 Å². The summed E-state index contributed by atoms with van der Waals surface area (Å²) in [6.45, 7) is -0.0155. The summed E-state index contributed by atoms with van der Waals surface area (Å²) in [6.07, 6.45) is 2.61. The molecule has 1 saturated heterocycles. The molecule has 1 fully saturated rings. The van der Waals surface area contributed by atoms with Crippen LogP contribution in [0.5, 0.6) is 17.4 Å². The van der Waals surface area contributed by atoms with Crippen molar-refractivity contribution in [3.8, 4) is 17.4 Å². The van der Waals surface area contributed by atoms with E-state index in [1.807, 2.05) is 0 Å². The van der Waals surface area contributed by atoms with Crippen LogP contribution in [0.2, 0.25) is 0 Å². The highest BCUT2D eigenvalue weighted by Gasteiger charge is 2.35. The molecule has 0 aliphatic carbocycles. The topological polar surface area (TPSA) is 155 Å². The number of ether oxygens (including phenoxy) is 2. The Balaban J connectivity index is 1.49. The van der Waals surface area contributed by atoms with Gasteiger partial charge in [-0.25, -0.2) is 4.98 Å². The second-order valence-electron chi connectivity index (χ2n) is 7.32. The summed E-state index contributed by atoms with van der Waals surface area (Å²) in [5, 5.41) is 21.1. The Morgan fingerprint density at radius 1 is 0.972 bits per heavy atom. The lowest BCUT2D eigenvalue weighted by Gasteiger charge is -2.12. The molecule has 1 aliphatic heterocycles. The van der Waals surface area contributed by atoms with E-state index in [4.69, 9.17) is 9.47 Å². The number of aromatic nitrogens is 1. The number of hydrogen-bond acceptors (Lipinski definition) is 10. The number of rotatable bonds is 8. The van der Waals surface area contributed by atoms with E-state index in [1.54, 1.807) is 18.2 Å². The first-order chi connectivity index (χ1) is 17.2. The third-order valence-electron chi connectivity index (χ3n) is 4.99. The van der Waals surface area contributed by atoms with E-state index in [-0.39, 0.29) is 28.7 Å². The van der Waals surface area contributed by atoms with Crippen molar-refractivity contribution in [3.05, 3.63) is 97.1 Å². The van der Waals surface area contributed by atoms with E-state index < -0.39 is 21.0 Å². The number of nitro benzene ring substituents is 1. The van der Waals surface area contributed by atoms with Crippen LogP contribution in [0, 0.1) is 20.2 Å². The second-order valence-corrected chi connectivity index (χ2v) is 8.31. The molecular formula is C23H16N4O8S. The van der Waals surface area contributed by atoms with Crippen LogP contribution < -0.4 is 9.47 Å². The van der Waals surface area contributed by atoms with E-state index in [9.17, 15) is 29.8 Å². The zero-order chi connectivity index (χ0) is 25.8. The fourth-order valence-electron chi connectivity index (χ4n) is 3.21. The molecular weight excluding hydrogens is 492 g/mol. The number of nitro groups is 2. The maximum atomic E-state index is 12.8. The third kappa shape index (κ3) is 5.31. The van der Waals surface area contributed by atoms with Crippen molar-refractivity contribution in [1.29, 1.82) is 0 Å². The Bertz CT molecular complexity index is 1390. The SMILES string of the molecule is COc1cc(/C=C2/SC(=O)N(Cc3ccc([N+](=O)[O-])cc3)C2=O)ccc1Oc1ccc([N+](=O)[O-])cn1. The number of hydrogen-bond donors (Lipinski definition) is 0. The molecule has 36 heavy (non-hydrogen) atoms. The van der Waals surface area contributed by atoms with Crippen LogP contribution in [0.1, 0.15) is 11.1 Å². The molecule has 4 rings (SSSR count). The number of nitrogens with zero attached hydrogens (tertiary/aromatic N) is 4. The van der Waals surface area contributed by atoms with Gasteiger partial charge in [-0.2, -0.15) is 0 Å². The van der Waals surface area contributed by atoms with E-state index >= 15 is 0 Å². The third-order valence-corrected chi connectivity index (χ3v) is 5.90. The highest BCUT2D eigenvalue weighted by atomic mass is 32.2. The molecule has 12 nitrogen and oxygen atoms in total. The predicted molar refractivity (Wildman–Crippen MR) is 129 cm³/mol. The van der Waals surface area contributed by atoms with Gasteiger partial charge in [0.25, 0.3) is 22.5 Å². The number of non-ortho nitro benzene ring substituents is 1. The summed E-state index contributed by atoms with van der Waals surface area (Å²) in [7, 11) is 1.42. The van der Waals surface area contributed by atoms with Crippen molar-refractivity contribution >= 4 is 40.4 Å². The molecule has 13 heteroatoms. The van der Waals surface area contributed by atoms with E-state index in [0.29, 0.717) is 22.6 Å². The standard InChI is InChI=1S/C23H16N4O8S/c1-34-19-10-15(4-8-18(19)35-21-9-7-17(12-24-21)27(32)33)11-20-22(28)25(23(29)36-20)13-14-2-5-16(6-3-14)26(30)31/h2-12H,13H2,1H3/b20-11+. The van der Waals surface area contributed by atoms with Crippen LogP contribution >= 0.6 is 11.8 Å². The van der Waals surface area contributed by atoms with Gasteiger partial charge in [0.15, 0.2) is 11.5 Å². The Morgan fingerprint density at radius 2 is 1.67 bits per heavy atom. The maximum Gasteiger partial charge on any atom is 0.293 e. The average Bonchev–Trinajstić information content (AvgIpc) is 3.12. The number of benzene rings is 2. The van der Waals surface area contributed by atoms with Gasteiger partial charge in [-0.3, -0.25) is 34.7 Å². The second kappa shape index (κ2) is 10.2. The van der Waals surface area contributed by atoms with Crippen molar-refractivity contribution < 1.29 is 28.9 Å².